The van der Waals surface area contributed by atoms with Crippen molar-refractivity contribution < 1.29 is 4.79 Å². The molecule has 0 unspecified atom stereocenters. The number of amides is 1. The van der Waals surface area contributed by atoms with Gasteiger partial charge in [0.25, 0.3) is 5.91 Å². The molecule has 1 saturated heterocycles. The van der Waals surface area contributed by atoms with Crippen LogP contribution < -0.4 is 10.2 Å². The number of hydrogen-bond acceptors (Lipinski definition) is 3. The lowest BCUT2D eigenvalue weighted by molar-refractivity contribution is 0.102. The van der Waals surface area contributed by atoms with Gasteiger partial charge in [0.05, 0.1) is 11.3 Å². The van der Waals surface area contributed by atoms with Gasteiger partial charge in [-0.2, -0.15) is 0 Å². The number of nitrogens with zero attached hydrogens (tertiary/aromatic N) is 2. The van der Waals surface area contributed by atoms with Gasteiger partial charge in [-0.3, -0.25) is 9.78 Å². The normalized spacial score (nSPS) is 13.5. The highest BCUT2D eigenvalue weighted by Gasteiger charge is 2.24. The molecule has 0 aliphatic carbocycles. The highest BCUT2D eigenvalue weighted by molar-refractivity contribution is 6.10. The van der Waals surface area contributed by atoms with Crippen molar-refractivity contribution in [2.45, 2.75) is 40.5 Å². The first-order chi connectivity index (χ1) is 14.4. The summed E-state index contributed by atoms with van der Waals surface area (Å²) in [5.41, 5.74) is 9.27. The SMILES string of the molecule is Cc1cc(C)cc(NC(=O)c2cncc(-c3cc(C)cc(C)c3)c2N2CCCC2)c1. The Morgan fingerprint density at radius 3 is 2.00 bits per heavy atom. The van der Waals surface area contributed by atoms with Gasteiger partial charge in [0.15, 0.2) is 0 Å². The summed E-state index contributed by atoms with van der Waals surface area (Å²) in [6.07, 6.45) is 5.90. The van der Waals surface area contributed by atoms with Crippen molar-refractivity contribution in [2.24, 2.45) is 0 Å². The van der Waals surface area contributed by atoms with Crippen molar-refractivity contribution in [3.05, 3.63) is 76.6 Å². The molecule has 1 aliphatic heterocycles. The van der Waals surface area contributed by atoms with E-state index in [2.05, 4.69) is 53.3 Å². The fraction of sp³-hybridized carbons (Fsp3) is 0.308. The van der Waals surface area contributed by atoms with E-state index in [1.54, 1.807) is 6.20 Å². The van der Waals surface area contributed by atoms with Crippen molar-refractivity contribution >= 4 is 17.3 Å². The van der Waals surface area contributed by atoms with E-state index in [0.29, 0.717) is 5.56 Å². The lowest BCUT2D eigenvalue weighted by atomic mass is 9.98. The second-order valence-corrected chi connectivity index (χ2v) is 8.48. The smallest absolute Gasteiger partial charge is 0.259 e. The van der Waals surface area contributed by atoms with Crippen LogP contribution in [0.15, 0.2) is 48.8 Å². The van der Waals surface area contributed by atoms with Crippen molar-refractivity contribution in [3.63, 3.8) is 0 Å². The molecule has 3 aromatic rings. The van der Waals surface area contributed by atoms with E-state index >= 15 is 0 Å². The molecule has 1 aliphatic rings. The maximum absolute atomic E-state index is 13.4. The molecule has 1 amide bonds. The molecule has 2 heterocycles. The molecule has 1 fully saturated rings. The van der Waals surface area contributed by atoms with E-state index in [-0.39, 0.29) is 5.91 Å². The second-order valence-electron chi connectivity index (χ2n) is 8.48. The zero-order valence-corrected chi connectivity index (χ0v) is 18.2. The first kappa shape index (κ1) is 20.1. The Morgan fingerprint density at radius 1 is 0.833 bits per heavy atom. The van der Waals surface area contributed by atoms with Crippen LogP contribution in [0.1, 0.15) is 45.5 Å². The Morgan fingerprint density at radius 2 is 1.40 bits per heavy atom. The molecule has 1 N–H and O–H groups in total. The standard InChI is InChI=1S/C26H29N3O/c1-17-9-18(2)12-21(11-17)23-15-27-16-24(25(23)29-7-5-6-8-29)26(30)28-22-13-19(3)10-20(4)14-22/h9-16H,5-8H2,1-4H3,(H,28,30). The summed E-state index contributed by atoms with van der Waals surface area (Å²) < 4.78 is 0. The number of hydrogen-bond donors (Lipinski definition) is 1. The molecule has 4 heteroatoms. The van der Waals surface area contributed by atoms with Crippen molar-refractivity contribution in [1.82, 2.24) is 4.98 Å². The van der Waals surface area contributed by atoms with Gasteiger partial charge in [-0.05, 0) is 69.4 Å². The average Bonchev–Trinajstić information content (AvgIpc) is 3.20. The van der Waals surface area contributed by atoms with Gasteiger partial charge >= 0.3 is 0 Å². The van der Waals surface area contributed by atoms with Crippen LogP contribution in [0, 0.1) is 27.7 Å². The third-order valence-corrected chi connectivity index (χ3v) is 5.60. The summed E-state index contributed by atoms with van der Waals surface area (Å²) in [6, 6.07) is 12.6. The number of rotatable bonds is 4. The first-order valence-corrected chi connectivity index (χ1v) is 10.6. The Hall–Kier alpha value is -3.14. The summed E-state index contributed by atoms with van der Waals surface area (Å²) in [6.45, 7) is 10.2. The Balaban J connectivity index is 1.80. The maximum Gasteiger partial charge on any atom is 0.259 e. The quantitative estimate of drug-likeness (QED) is 0.600. The fourth-order valence-corrected chi connectivity index (χ4v) is 4.49. The monoisotopic (exact) mass is 399 g/mol. The topological polar surface area (TPSA) is 45.2 Å². The molecular weight excluding hydrogens is 370 g/mol. The summed E-state index contributed by atoms with van der Waals surface area (Å²) in [4.78, 5) is 20.2. The summed E-state index contributed by atoms with van der Waals surface area (Å²) in [5.74, 6) is -0.111. The van der Waals surface area contributed by atoms with Gasteiger partial charge in [0.1, 0.15) is 0 Å². The van der Waals surface area contributed by atoms with Crippen LogP contribution in [0.2, 0.25) is 0 Å². The number of aryl methyl sites for hydroxylation is 4. The molecule has 0 atom stereocenters. The van der Waals surface area contributed by atoms with E-state index in [1.165, 1.54) is 11.1 Å². The summed E-state index contributed by atoms with van der Waals surface area (Å²) in [5, 5.41) is 3.10. The fourth-order valence-electron chi connectivity index (χ4n) is 4.49. The van der Waals surface area contributed by atoms with Gasteiger partial charge < -0.3 is 10.2 Å². The molecule has 2 aromatic carbocycles. The molecular formula is C26H29N3O. The number of nitrogens with one attached hydrogen (secondary N) is 1. The van der Waals surface area contributed by atoms with E-state index in [0.717, 1.165) is 59.6 Å². The van der Waals surface area contributed by atoms with Gasteiger partial charge in [-0.1, -0.05) is 35.4 Å². The second kappa shape index (κ2) is 8.31. The minimum atomic E-state index is -0.111. The molecule has 30 heavy (non-hydrogen) atoms. The largest absolute Gasteiger partial charge is 0.370 e. The number of carbonyl (C=O) groups excluding carboxylic acids is 1. The number of pyridine rings is 1. The average molecular weight is 400 g/mol. The Labute approximate surface area is 179 Å². The third kappa shape index (κ3) is 4.23. The predicted octanol–water partition coefficient (Wildman–Crippen LogP) is 5.83. The zero-order chi connectivity index (χ0) is 21.3. The number of anilines is 2. The lowest BCUT2D eigenvalue weighted by Crippen LogP contribution is -2.24. The van der Waals surface area contributed by atoms with Crippen molar-refractivity contribution in [3.8, 4) is 11.1 Å². The van der Waals surface area contributed by atoms with Gasteiger partial charge in [0, 0.05) is 36.7 Å². The molecule has 0 spiro atoms. The molecule has 1 aromatic heterocycles. The van der Waals surface area contributed by atoms with Crippen LogP contribution in [-0.2, 0) is 0 Å². The first-order valence-electron chi connectivity index (χ1n) is 10.6. The van der Waals surface area contributed by atoms with Crippen molar-refractivity contribution in [2.75, 3.05) is 23.3 Å². The van der Waals surface area contributed by atoms with Crippen LogP contribution >= 0.6 is 0 Å². The third-order valence-electron chi connectivity index (χ3n) is 5.60. The summed E-state index contributed by atoms with van der Waals surface area (Å²) >= 11 is 0. The van der Waals surface area contributed by atoms with Gasteiger partial charge in [-0.15, -0.1) is 0 Å². The van der Waals surface area contributed by atoms with Gasteiger partial charge in [-0.25, -0.2) is 0 Å². The molecule has 0 bridgehead atoms. The number of carbonyl (C=O) groups is 1. The van der Waals surface area contributed by atoms with Crippen LogP contribution in [0.25, 0.3) is 11.1 Å². The van der Waals surface area contributed by atoms with Crippen molar-refractivity contribution in [1.29, 1.82) is 0 Å². The van der Waals surface area contributed by atoms with Gasteiger partial charge in [0.2, 0.25) is 0 Å². The van der Waals surface area contributed by atoms with Crippen LogP contribution in [0.3, 0.4) is 0 Å². The highest BCUT2D eigenvalue weighted by Crippen LogP contribution is 2.36. The molecule has 4 rings (SSSR count). The minimum absolute atomic E-state index is 0.111. The molecule has 0 saturated carbocycles. The Bertz CT molecular complexity index is 1060. The molecule has 4 nitrogen and oxygen atoms in total. The highest BCUT2D eigenvalue weighted by atomic mass is 16.1. The molecule has 154 valence electrons. The predicted molar refractivity (Wildman–Crippen MR) is 124 cm³/mol. The van der Waals surface area contributed by atoms with Crippen LogP contribution in [0.4, 0.5) is 11.4 Å². The molecule has 0 radical (unpaired) electrons. The van der Waals surface area contributed by atoms with E-state index in [1.807, 2.05) is 32.2 Å². The minimum Gasteiger partial charge on any atom is -0.370 e. The maximum atomic E-state index is 13.4. The van der Waals surface area contributed by atoms with E-state index in [4.69, 9.17) is 0 Å². The van der Waals surface area contributed by atoms with Crippen LogP contribution in [0.5, 0.6) is 0 Å². The number of aromatic nitrogens is 1. The zero-order valence-electron chi connectivity index (χ0n) is 18.2. The Kier molecular flexibility index (Phi) is 5.58. The van der Waals surface area contributed by atoms with E-state index < -0.39 is 0 Å². The van der Waals surface area contributed by atoms with Crippen LogP contribution in [-0.4, -0.2) is 24.0 Å². The number of benzene rings is 2. The lowest BCUT2D eigenvalue weighted by Gasteiger charge is -2.24. The summed E-state index contributed by atoms with van der Waals surface area (Å²) in [7, 11) is 0. The van der Waals surface area contributed by atoms with E-state index in [9.17, 15) is 4.79 Å².